The first-order chi connectivity index (χ1) is 15.2. The maximum Gasteiger partial charge on any atom is 0.233 e. The fraction of sp³-hybridized carbons (Fsp3) is 0.320. The zero-order valence-electron chi connectivity index (χ0n) is 17.9. The average Bonchev–Trinajstić information content (AvgIpc) is 3.58. The Labute approximate surface area is 188 Å². The van der Waals surface area contributed by atoms with Crippen LogP contribution < -0.4 is 0 Å². The van der Waals surface area contributed by atoms with Crippen molar-refractivity contribution in [1.29, 1.82) is 0 Å². The van der Waals surface area contributed by atoms with Gasteiger partial charge in [-0.2, -0.15) is 0 Å². The van der Waals surface area contributed by atoms with E-state index in [1.165, 1.54) is 24.6 Å². The lowest BCUT2D eigenvalue weighted by atomic mass is 10.1. The minimum absolute atomic E-state index is 0.141. The number of rotatable bonds is 10. The molecule has 0 N–H and O–H groups in total. The molecule has 0 bridgehead atoms. The van der Waals surface area contributed by atoms with Gasteiger partial charge in [0.25, 0.3) is 0 Å². The molecule has 1 amide bonds. The molecule has 6 heteroatoms. The molecule has 0 radical (unpaired) electrons. The van der Waals surface area contributed by atoms with Gasteiger partial charge in [-0.3, -0.25) is 9.36 Å². The Morgan fingerprint density at radius 3 is 2.48 bits per heavy atom. The molecule has 3 aromatic rings. The van der Waals surface area contributed by atoms with E-state index in [0.29, 0.717) is 24.8 Å². The summed E-state index contributed by atoms with van der Waals surface area (Å²) in [6, 6.07) is 20.5. The van der Waals surface area contributed by atoms with Crippen molar-refractivity contribution in [3.63, 3.8) is 0 Å². The van der Waals surface area contributed by atoms with Gasteiger partial charge in [0.05, 0.1) is 5.75 Å². The van der Waals surface area contributed by atoms with E-state index in [-0.39, 0.29) is 11.9 Å². The van der Waals surface area contributed by atoms with Gasteiger partial charge in [-0.15, -0.1) is 16.8 Å². The molecule has 0 aliphatic heterocycles. The van der Waals surface area contributed by atoms with E-state index < -0.39 is 0 Å². The van der Waals surface area contributed by atoms with Crippen LogP contribution in [0.5, 0.6) is 0 Å². The number of amides is 1. The van der Waals surface area contributed by atoms with Crippen LogP contribution in [0.4, 0.5) is 0 Å². The van der Waals surface area contributed by atoms with Crippen LogP contribution in [0.1, 0.15) is 25.3 Å². The highest BCUT2D eigenvalue weighted by Gasteiger charge is 2.34. The molecule has 0 spiro atoms. The van der Waals surface area contributed by atoms with Crippen LogP contribution in [-0.2, 0) is 17.9 Å². The molecule has 1 unspecified atom stereocenters. The van der Waals surface area contributed by atoms with Gasteiger partial charge in [0.15, 0.2) is 11.0 Å². The van der Waals surface area contributed by atoms with Gasteiger partial charge in [0.2, 0.25) is 5.91 Å². The quantitative estimate of drug-likeness (QED) is 0.332. The highest BCUT2D eigenvalue weighted by molar-refractivity contribution is 7.99. The molecular formula is C25H28N4OS. The molecule has 1 aliphatic carbocycles. The summed E-state index contributed by atoms with van der Waals surface area (Å²) in [6.07, 6.45) is 4.25. The van der Waals surface area contributed by atoms with Crippen LogP contribution in [0.3, 0.4) is 0 Å². The molecule has 5 nitrogen and oxygen atoms in total. The molecule has 1 atom stereocenters. The zero-order chi connectivity index (χ0) is 21.6. The zero-order valence-corrected chi connectivity index (χ0v) is 18.7. The van der Waals surface area contributed by atoms with Crippen molar-refractivity contribution in [2.75, 3.05) is 5.75 Å². The Morgan fingerprint density at radius 1 is 1.16 bits per heavy atom. The Morgan fingerprint density at radius 2 is 1.84 bits per heavy atom. The van der Waals surface area contributed by atoms with Gasteiger partial charge in [0.1, 0.15) is 0 Å². The van der Waals surface area contributed by atoms with Crippen LogP contribution in [0.2, 0.25) is 0 Å². The number of thioether (sulfide) groups is 1. The average molecular weight is 433 g/mol. The van der Waals surface area contributed by atoms with E-state index in [9.17, 15) is 4.79 Å². The Kier molecular flexibility index (Phi) is 6.87. The smallest absolute Gasteiger partial charge is 0.233 e. The number of aromatic nitrogens is 3. The van der Waals surface area contributed by atoms with Gasteiger partial charge >= 0.3 is 0 Å². The van der Waals surface area contributed by atoms with E-state index in [4.69, 9.17) is 0 Å². The molecule has 4 rings (SSSR count). The standard InChI is InChI=1S/C25H28N4OS/c1-3-16-28-24(22-12-8-5-9-13-22)26-27-25(28)31-18-23(30)29(19(2)21-14-15-21)17-20-10-6-4-7-11-20/h3-13,19,21H,1,14-18H2,2H3. The summed E-state index contributed by atoms with van der Waals surface area (Å²) in [4.78, 5) is 15.3. The number of benzene rings is 2. The fourth-order valence-electron chi connectivity index (χ4n) is 3.77. The van der Waals surface area contributed by atoms with Crippen molar-refractivity contribution in [3.05, 3.63) is 78.9 Å². The van der Waals surface area contributed by atoms with E-state index in [1.54, 1.807) is 0 Å². The number of hydrogen-bond donors (Lipinski definition) is 0. The summed E-state index contributed by atoms with van der Waals surface area (Å²) in [5.74, 6) is 1.89. The molecule has 1 aromatic heterocycles. The van der Waals surface area contributed by atoms with Crippen LogP contribution in [0, 0.1) is 5.92 Å². The number of carbonyl (C=O) groups excluding carboxylic acids is 1. The van der Waals surface area contributed by atoms with Gasteiger partial charge < -0.3 is 4.90 Å². The minimum Gasteiger partial charge on any atom is -0.335 e. The molecule has 0 saturated heterocycles. The molecule has 1 saturated carbocycles. The summed E-state index contributed by atoms with van der Waals surface area (Å²) >= 11 is 1.45. The summed E-state index contributed by atoms with van der Waals surface area (Å²) in [7, 11) is 0. The van der Waals surface area contributed by atoms with Gasteiger partial charge in [0, 0.05) is 24.7 Å². The molecule has 2 aromatic carbocycles. The highest BCUT2D eigenvalue weighted by atomic mass is 32.2. The van der Waals surface area contributed by atoms with Gasteiger partial charge in [-0.05, 0) is 31.2 Å². The number of allylic oxidation sites excluding steroid dienone is 1. The summed E-state index contributed by atoms with van der Waals surface area (Å²) in [5, 5.41) is 9.51. The minimum atomic E-state index is 0.141. The van der Waals surface area contributed by atoms with E-state index in [2.05, 4.69) is 35.8 Å². The van der Waals surface area contributed by atoms with Crippen molar-refractivity contribution in [2.24, 2.45) is 5.92 Å². The molecule has 1 fully saturated rings. The third-order valence-electron chi connectivity index (χ3n) is 5.70. The summed E-state index contributed by atoms with van der Waals surface area (Å²) < 4.78 is 2.02. The number of carbonyl (C=O) groups is 1. The van der Waals surface area contributed by atoms with Crippen molar-refractivity contribution in [2.45, 2.75) is 44.1 Å². The first-order valence-electron chi connectivity index (χ1n) is 10.7. The first-order valence-corrected chi connectivity index (χ1v) is 11.7. The van der Waals surface area contributed by atoms with Crippen molar-refractivity contribution in [1.82, 2.24) is 19.7 Å². The topological polar surface area (TPSA) is 51.0 Å². The maximum atomic E-state index is 13.3. The lowest BCUT2D eigenvalue weighted by molar-refractivity contribution is -0.131. The molecule has 31 heavy (non-hydrogen) atoms. The SMILES string of the molecule is C=CCn1c(SCC(=O)N(Cc2ccccc2)C(C)C2CC2)nnc1-c1ccccc1. The number of hydrogen-bond acceptors (Lipinski definition) is 4. The third-order valence-corrected chi connectivity index (χ3v) is 6.65. The van der Waals surface area contributed by atoms with E-state index >= 15 is 0 Å². The van der Waals surface area contributed by atoms with Crippen LogP contribution in [0.15, 0.2) is 78.5 Å². The van der Waals surface area contributed by atoms with Crippen molar-refractivity contribution >= 4 is 17.7 Å². The predicted octanol–water partition coefficient (Wildman–Crippen LogP) is 5.05. The normalized spacial score (nSPS) is 14.2. The Bertz CT molecular complexity index is 1010. The van der Waals surface area contributed by atoms with E-state index in [0.717, 1.165) is 22.1 Å². The molecule has 1 heterocycles. The second kappa shape index (κ2) is 9.96. The highest BCUT2D eigenvalue weighted by Crippen LogP contribution is 2.36. The molecule has 160 valence electrons. The Hall–Kier alpha value is -2.86. The summed E-state index contributed by atoms with van der Waals surface area (Å²) in [5.41, 5.74) is 2.16. The van der Waals surface area contributed by atoms with Gasteiger partial charge in [-0.1, -0.05) is 78.5 Å². The first kappa shape index (κ1) is 21.4. The lowest BCUT2D eigenvalue weighted by Crippen LogP contribution is -2.40. The van der Waals surface area contributed by atoms with Crippen LogP contribution in [-0.4, -0.2) is 37.4 Å². The summed E-state index contributed by atoms with van der Waals surface area (Å²) in [6.45, 7) is 7.29. The second-order valence-electron chi connectivity index (χ2n) is 7.95. The molecular weight excluding hydrogens is 404 g/mol. The lowest BCUT2D eigenvalue weighted by Gasteiger charge is -2.29. The van der Waals surface area contributed by atoms with Gasteiger partial charge in [-0.25, -0.2) is 0 Å². The van der Waals surface area contributed by atoms with Crippen LogP contribution >= 0.6 is 11.8 Å². The Balaban J connectivity index is 1.49. The monoisotopic (exact) mass is 432 g/mol. The number of nitrogens with zero attached hydrogens (tertiary/aromatic N) is 4. The predicted molar refractivity (Wildman–Crippen MR) is 126 cm³/mol. The molecule has 1 aliphatic rings. The second-order valence-corrected chi connectivity index (χ2v) is 8.89. The van der Waals surface area contributed by atoms with Crippen LogP contribution in [0.25, 0.3) is 11.4 Å². The van der Waals surface area contributed by atoms with Crippen molar-refractivity contribution in [3.8, 4) is 11.4 Å². The largest absolute Gasteiger partial charge is 0.335 e. The fourth-order valence-corrected chi connectivity index (χ4v) is 4.61. The third kappa shape index (κ3) is 5.25. The van der Waals surface area contributed by atoms with Crippen molar-refractivity contribution < 1.29 is 4.79 Å². The maximum absolute atomic E-state index is 13.3. The van der Waals surface area contributed by atoms with E-state index in [1.807, 2.05) is 64.1 Å².